The van der Waals surface area contributed by atoms with Crippen LogP contribution in [0.4, 0.5) is 5.69 Å². The van der Waals surface area contributed by atoms with E-state index in [1.54, 1.807) is 24.3 Å². The smallest absolute Gasteiger partial charge is 0.150 e. The predicted molar refractivity (Wildman–Crippen MR) is 71.8 cm³/mol. The molecular formula is C14H11ClN2O. The Hall–Kier alpha value is -2.18. The van der Waals surface area contributed by atoms with Crippen LogP contribution in [-0.4, -0.2) is 0 Å². The van der Waals surface area contributed by atoms with E-state index >= 15 is 0 Å². The van der Waals surface area contributed by atoms with E-state index in [0.717, 1.165) is 5.56 Å². The third-order valence-electron chi connectivity index (χ3n) is 2.48. The zero-order valence-corrected chi connectivity index (χ0v) is 10.5. The van der Waals surface area contributed by atoms with Gasteiger partial charge in [-0.1, -0.05) is 23.7 Å². The summed E-state index contributed by atoms with van der Waals surface area (Å²) in [5.41, 5.74) is 7.68. The number of hydrogen-bond donors (Lipinski definition) is 1. The number of halogens is 1. The molecule has 2 rings (SSSR count). The van der Waals surface area contributed by atoms with Crippen molar-refractivity contribution in [3.63, 3.8) is 0 Å². The molecule has 2 aromatic rings. The first-order chi connectivity index (χ1) is 8.61. The zero-order valence-electron chi connectivity index (χ0n) is 9.77. The maximum Gasteiger partial charge on any atom is 0.150 e. The van der Waals surface area contributed by atoms with Crippen LogP contribution < -0.4 is 10.5 Å². The van der Waals surface area contributed by atoms with Gasteiger partial charge in [0, 0.05) is 0 Å². The minimum atomic E-state index is 0.306. The molecule has 0 fully saturated rings. The third-order valence-corrected chi connectivity index (χ3v) is 2.79. The van der Waals surface area contributed by atoms with Crippen LogP contribution in [0, 0.1) is 18.3 Å². The van der Waals surface area contributed by atoms with Gasteiger partial charge in [0.25, 0.3) is 0 Å². The van der Waals surface area contributed by atoms with E-state index in [9.17, 15) is 0 Å². The Morgan fingerprint density at radius 1 is 1.22 bits per heavy atom. The highest BCUT2D eigenvalue weighted by atomic mass is 35.5. The fraction of sp³-hybridized carbons (Fsp3) is 0.0714. The minimum Gasteiger partial charge on any atom is -0.454 e. The van der Waals surface area contributed by atoms with Crippen LogP contribution in [0.5, 0.6) is 11.5 Å². The number of rotatable bonds is 2. The molecule has 0 aliphatic carbocycles. The van der Waals surface area contributed by atoms with Crippen LogP contribution in [-0.2, 0) is 0 Å². The lowest BCUT2D eigenvalue weighted by Crippen LogP contribution is -1.94. The molecule has 2 N–H and O–H groups in total. The third kappa shape index (κ3) is 2.39. The fourth-order valence-corrected chi connectivity index (χ4v) is 1.75. The Morgan fingerprint density at radius 3 is 2.72 bits per heavy atom. The molecular weight excluding hydrogens is 248 g/mol. The number of anilines is 1. The summed E-state index contributed by atoms with van der Waals surface area (Å²) in [6.07, 6.45) is 0. The number of nitrogens with two attached hydrogens (primary N) is 1. The van der Waals surface area contributed by atoms with Crippen LogP contribution in [0.3, 0.4) is 0 Å². The van der Waals surface area contributed by atoms with Gasteiger partial charge in [-0.15, -0.1) is 0 Å². The average molecular weight is 259 g/mol. The normalized spacial score (nSPS) is 9.83. The Labute approximate surface area is 110 Å². The summed E-state index contributed by atoms with van der Waals surface area (Å²) in [5.74, 6) is 0.927. The van der Waals surface area contributed by atoms with E-state index in [1.165, 1.54) is 0 Å². The fourth-order valence-electron chi connectivity index (χ4n) is 1.55. The first-order valence-corrected chi connectivity index (χ1v) is 5.72. The highest BCUT2D eigenvalue weighted by Gasteiger charge is 2.10. The maximum atomic E-state index is 9.06. The zero-order chi connectivity index (χ0) is 13.1. The molecule has 0 radical (unpaired) electrons. The van der Waals surface area contributed by atoms with Gasteiger partial charge in [0.1, 0.15) is 17.4 Å². The van der Waals surface area contributed by atoms with E-state index in [-0.39, 0.29) is 0 Å². The summed E-state index contributed by atoms with van der Waals surface area (Å²) < 4.78 is 5.66. The lowest BCUT2D eigenvalue weighted by Gasteiger charge is -2.11. The van der Waals surface area contributed by atoms with Crippen molar-refractivity contribution in [3.8, 4) is 17.6 Å². The van der Waals surface area contributed by atoms with Crippen molar-refractivity contribution in [3.05, 3.63) is 52.5 Å². The van der Waals surface area contributed by atoms with Crippen molar-refractivity contribution in [2.45, 2.75) is 6.92 Å². The molecule has 4 heteroatoms. The number of nitrogens with zero attached hydrogens (tertiary/aromatic N) is 1. The molecule has 0 spiro atoms. The molecule has 0 amide bonds. The lowest BCUT2D eigenvalue weighted by atomic mass is 10.2. The van der Waals surface area contributed by atoms with Gasteiger partial charge in [0.2, 0.25) is 0 Å². The summed E-state index contributed by atoms with van der Waals surface area (Å²) in [6, 6.07) is 12.6. The maximum absolute atomic E-state index is 9.06. The highest BCUT2D eigenvalue weighted by Crippen LogP contribution is 2.32. The second kappa shape index (κ2) is 4.99. The van der Waals surface area contributed by atoms with Crippen molar-refractivity contribution in [1.82, 2.24) is 0 Å². The minimum absolute atomic E-state index is 0.306. The SMILES string of the molecule is Cc1ccc(N)c(Oc2cccc(Cl)c2C#N)c1. The van der Waals surface area contributed by atoms with Crippen LogP contribution >= 0.6 is 11.6 Å². The van der Waals surface area contributed by atoms with Crippen molar-refractivity contribution in [1.29, 1.82) is 5.26 Å². The Kier molecular flexibility index (Phi) is 3.40. The average Bonchev–Trinajstić information content (AvgIpc) is 2.34. The number of aryl methyl sites for hydroxylation is 1. The Bertz CT molecular complexity index is 632. The quantitative estimate of drug-likeness (QED) is 0.831. The van der Waals surface area contributed by atoms with E-state index in [0.29, 0.717) is 27.8 Å². The van der Waals surface area contributed by atoms with Gasteiger partial charge < -0.3 is 10.5 Å². The van der Waals surface area contributed by atoms with E-state index in [4.69, 9.17) is 27.3 Å². The lowest BCUT2D eigenvalue weighted by molar-refractivity contribution is 0.483. The first-order valence-electron chi connectivity index (χ1n) is 5.34. The number of nitriles is 1. The van der Waals surface area contributed by atoms with Gasteiger partial charge in [-0.05, 0) is 36.8 Å². The van der Waals surface area contributed by atoms with Gasteiger partial charge in [-0.25, -0.2) is 0 Å². The summed E-state index contributed by atoms with van der Waals surface area (Å²) in [7, 11) is 0. The Balaban J connectivity index is 2.44. The van der Waals surface area contributed by atoms with Crippen LogP contribution in [0.1, 0.15) is 11.1 Å². The number of ether oxygens (including phenoxy) is 1. The molecule has 0 saturated carbocycles. The molecule has 0 bridgehead atoms. The number of nitrogen functional groups attached to an aromatic ring is 1. The van der Waals surface area contributed by atoms with Crippen molar-refractivity contribution in [2.24, 2.45) is 0 Å². The van der Waals surface area contributed by atoms with Gasteiger partial charge in [-0.2, -0.15) is 5.26 Å². The van der Waals surface area contributed by atoms with E-state index < -0.39 is 0 Å². The summed E-state index contributed by atoms with van der Waals surface area (Å²) in [5, 5.41) is 9.42. The second-order valence-corrected chi connectivity index (χ2v) is 4.28. The largest absolute Gasteiger partial charge is 0.454 e. The van der Waals surface area contributed by atoms with Crippen molar-refractivity contribution < 1.29 is 4.74 Å². The summed E-state index contributed by atoms with van der Waals surface area (Å²) in [4.78, 5) is 0. The molecule has 3 nitrogen and oxygen atoms in total. The standard InChI is InChI=1S/C14H11ClN2O/c1-9-5-6-12(17)14(7-9)18-13-4-2-3-11(15)10(13)8-16/h2-7H,17H2,1H3. The van der Waals surface area contributed by atoms with Crippen molar-refractivity contribution >= 4 is 17.3 Å². The molecule has 0 aliphatic rings. The molecule has 0 unspecified atom stereocenters. The molecule has 0 heterocycles. The molecule has 18 heavy (non-hydrogen) atoms. The number of hydrogen-bond acceptors (Lipinski definition) is 3. The number of benzene rings is 2. The van der Waals surface area contributed by atoms with Crippen LogP contribution in [0.25, 0.3) is 0 Å². The van der Waals surface area contributed by atoms with Crippen LogP contribution in [0.2, 0.25) is 5.02 Å². The highest BCUT2D eigenvalue weighted by molar-refractivity contribution is 6.31. The van der Waals surface area contributed by atoms with Gasteiger partial charge in [0.15, 0.2) is 5.75 Å². The van der Waals surface area contributed by atoms with Crippen LogP contribution in [0.15, 0.2) is 36.4 Å². The summed E-state index contributed by atoms with van der Waals surface area (Å²) in [6.45, 7) is 1.94. The molecule has 0 aliphatic heterocycles. The topological polar surface area (TPSA) is 59.0 Å². The molecule has 0 saturated heterocycles. The second-order valence-electron chi connectivity index (χ2n) is 3.87. The predicted octanol–water partition coefficient (Wildman–Crippen LogP) is 3.89. The van der Waals surface area contributed by atoms with E-state index in [1.807, 2.05) is 25.1 Å². The van der Waals surface area contributed by atoms with Gasteiger partial charge >= 0.3 is 0 Å². The van der Waals surface area contributed by atoms with Crippen molar-refractivity contribution in [2.75, 3.05) is 5.73 Å². The summed E-state index contributed by atoms with van der Waals surface area (Å²) >= 11 is 5.93. The first kappa shape index (κ1) is 12.3. The monoisotopic (exact) mass is 258 g/mol. The van der Waals surface area contributed by atoms with Gasteiger partial charge in [-0.3, -0.25) is 0 Å². The molecule has 2 aromatic carbocycles. The molecule has 0 atom stereocenters. The molecule has 0 aromatic heterocycles. The molecule has 90 valence electrons. The van der Waals surface area contributed by atoms with Gasteiger partial charge in [0.05, 0.1) is 10.7 Å². The van der Waals surface area contributed by atoms with E-state index in [2.05, 4.69) is 0 Å². The Morgan fingerprint density at radius 2 is 2.00 bits per heavy atom.